The Balaban J connectivity index is 2.38. The molecule has 2 rings (SSSR count). The molecule has 4 heteroatoms. The van der Waals surface area contributed by atoms with Gasteiger partial charge in [-0.3, -0.25) is 0 Å². The Morgan fingerprint density at radius 3 is 2.25 bits per heavy atom. The summed E-state index contributed by atoms with van der Waals surface area (Å²) in [7, 11) is 0. The maximum atomic E-state index is 11.1. The highest BCUT2D eigenvalue weighted by atomic mass is 16.5. The molecule has 0 aromatic heterocycles. The Kier molecular flexibility index (Phi) is 3.66. The topological polar surface area (TPSA) is 72.5 Å². The Morgan fingerprint density at radius 2 is 1.65 bits per heavy atom. The van der Waals surface area contributed by atoms with E-state index in [9.17, 15) is 4.79 Å². The standard InChI is InChI=1S/C16H17NO3/c1-9-4-5-12(6-10(9)2)20-13-7-11(3)15(17)14(8-13)16(18)19/h4-8H,17H2,1-3H3,(H,18,19). The van der Waals surface area contributed by atoms with Gasteiger partial charge in [-0.15, -0.1) is 0 Å². The molecule has 0 aliphatic rings. The van der Waals surface area contributed by atoms with E-state index in [0.29, 0.717) is 17.1 Å². The van der Waals surface area contributed by atoms with Gasteiger partial charge in [-0.1, -0.05) is 6.07 Å². The first kappa shape index (κ1) is 13.9. The number of hydrogen-bond acceptors (Lipinski definition) is 3. The van der Waals surface area contributed by atoms with Crippen molar-refractivity contribution in [3.63, 3.8) is 0 Å². The fourth-order valence-corrected chi connectivity index (χ4v) is 1.91. The van der Waals surface area contributed by atoms with Crippen LogP contribution in [0, 0.1) is 20.8 Å². The van der Waals surface area contributed by atoms with Crippen LogP contribution in [0.3, 0.4) is 0 Å². The molecule has 0 bridgehead atoms. The predicted molar refractivity (Wildman–Crippen MR) is 78.5 cm³/mol. The molecule has 0 aliphatic heterocycles. The minimum absolute atomic E-state index is 0.0591. The molecule has 0 heterocycles. The highest BCUT2D eigenvalue weighted by Crippen LogP contribution is 2.29. The van der Waals surface area contributed by atoms with E-state index in [4.69, 9.17) is 15.6 Å². The molecule has 2 aromatic carbocycles. The number of carboxylic acids is 1. The first-order valence-corrected chi connectivity index (χ1v) is 6.27. The molecule has 0 amide bonds. The molecule has 0 radical (unpaired) electrons. The molecule has 0 unspecified atom stereocenters. The van der Waals surface area contributed by atoms with E-state index in [-0.39, 0.29) is 11.3 Å². The molecule has 0 saturated heterocycles. The van der Waals surface area contributed by atoms with Gasteiger partial charge in [-0.2, -0.15) is 0 Å². The number of nitrogen functional groups attached to an aromatic ring is 1. The number of ether oxygens (including phenoxy) is 1. The summed E-state index contributed by atoms with van der Waals surface area (Å²) in [5.41, 5.74) is 9.06. The van der Waals surface area contributed by atoms with E-state index in [1.54, 1.807) is 13.0 Å². The zero-order valence-corrected chi connectivity index (χ0v) is 11.7. The minimum atomic E-state index is -1.06. The highest BCUT2D eigenvalue weighted by Gasteiger charge is 2.13. The molecule has 3 N–H and O–H groups in total. The van der Waals surface area contributed by atoms with Crippen LogP contribution < -0.4 is 10.5 Å². The predicted octanol–water partition coefficient (Wildman–Crippen LogP) is 3.68. The van der Waals surface area contributed by atoms with Gasteiger partial charge >= 0.3 is 5.97 Å². The number of carboxylic acid groups (broad SMARTS) is 1. The number of aromatic carboxylic acids is 1. The van der Waals surface area contributed by atoms with Gasteiger partial charge < -0.3 is 15.6 Å². The summed E-state index contributed by atoms with van der Waals surface area (Å²) in [6.07, 6.45) is 0. The lowest BCUT2D eigenvalue weighted by molar-refractivity contribution is 0.0697. The van der Waals surface area contributed by atoms with E-state index in [1.165, 1.54) is 11.6 Å². The zero-order chi connectivity index (χ0) is 14.9. The van der Waals surface area contributed by atoms with E-state index in [0.717, 1.165) is 5.56 Å². The maximum Gasteiger partial charge on any atom is 0.337 e. The average molecular weight is 271 g/mol. The number of benzene rings is 2. The molecule has 0 fully saturated rings. The van der Waals surface area contributed by atoms with Crippen molar-refractivity contribution in [3.8, 4) is 11.5 Å². The van der Waals surface area contributed by atoms with Gasteiger partial charge in [-0.25, -0.2) is 4.79 Å². The Bertz CT molecular complexity index is 678. The van der Waals surface area contributed by atoms with Gasteiger partial charge in [0.1, 0.15) is 11.5 Å². The van der Waals surface area contributed by atoms with E-state index < -0.39 is 5.97 Å². The summed E-state index contributed by atoms with van der Waals surface area (Å²) in [6.45, 7) is 5.78. The summed E-state index contributed by atoms with van der Waals surface area (Å²) < 4.78 is 5.72. The SMILES string of the molecule is Cc1ccc(Oc2cc(C)c(N)c(C(=O)O)c2)cc1C. The molecule has 0 saturated carbocycles. The van der Waals surface area contributed by atoms with Gasteiger partial charge in [0.2, 0.25) is 0 Å². The summed E-state index contributed by atoms with van der Waals surface area (Å²) in [5, 5.41) is 9.13. The van der Waals surface area contributed by atoms with Crippen LogP contribution >= 0.6 is 0 Å². The van der Waals surface area contributed by atoms with Crippen molar-refractivity contribution in [1.29, 1.82) is 0 Å². The molecule has 2 aromatic rings. The van der Waals surface area contributed by atoms with Crippen molar-refractivity contribution in [1.82, 2.24) is 0 Å². The first-order chi connectivity index (χ1) is 9.38. The van der Waals surface area contributed by atoms with Crippen molar-refractivity contribution in [3.05, 3.63) is 52.6 Å². The van der Waals surface area contributed by atoms with Crippen molar-refractivity contribution in [2.24, 2.45) is 0 Å². The molecule has 0 atom stereocenters. The molecule has 104 valence electrons. The van der Waals surface area contributed by atoms with Crippen LogP contribution in [0.1, 0.15) is 27.0 Å². The van der Waals surface area contributed by atoms with Crippen molar-refractivity contribution in [2.45, 2.75) is 20.8 Å². The molecular formula is C16H17NO3. The number of hydrogen-bond donors (Lipinski definition) is 2. The van der Waals surface area contributed by atoms with Gasteiger partial charge in [-0.05, 0) is 61.7 Å². The minimum Gasteiger partial charge on any atom is -0.478 e. The monoisotopic (exact) mass is 271 g/mol. The van der Waals surface area contributed by atoms with E-state index >= 15 is 0 Å². The van der Waals surface area contributed by atoms with Crippen LogP contribution in [0.25, 0.3) is 0 Å². The lowest BCUT2D eigenvalue weighted by Crippen LogP contribution is -2.04. The van der Waals surface area contributed by atoms with Crippen LogP contribution in [0.4, 0.5) is 5.69 Å². The van der Waals surface area contributed by atoms with Gasteiger partial charge in [0.15, 0.2) is 0 Å². The van der Waals surface area contributed by atoms with Crippen molar-refractivity contribution >= 4 is 11.7 Å². The molecule has 0 aliphatic carbocycles. The Morgan fingerprint density at radius 1 is 1.00 bits per heavy atom. The van der Waals surface area contributed by atoms with E-state index in [1.807, 2.05) is 32.0 Å². The second kappa shape index (κ2) is 5.25. The smallest absolute Gasteiger partial charge is 0.337 e. The zero-order valence-electron chi connectivity index (χ0n) is 11.7. The number of carbonyl (C=O) groups is 1. The van der Waals surface area contributed by atoms with Crippen LogP contribution in [-0.4, -0.2) is 11.1 Å². The maximum absolute atomic E-state index is 11.1. The quantitative estimate of drug-likeness (QED) is 0.835. The fraction of sp³-hybridized carbons (Fsp3) is 0.188. The van der Waals surface area contributed by atoms with E-state index in [2.05, 4.69) is 0 Å². The largest absolute Gasteiger partial charge is 0.478 e. The third kappa shape index (κ3) is 2.74. The molecular weight excluding hydrogens is 254 g/mol. The Labute approximate surface area is 117 Å². The fourth-order valence-electron chi connectivity index (χ4n) is 1.91. The van der Waals surface area contributed by atoms with Crippen LogP contribution in [-0.2, 0) is 0 Å². The second-order valence-electron chi connectivity index (χ2n) is 4.85. The highest BCUT2D eigenvalue weighted by molar-refractivity contribution is 5.95. The summed E-state index contributed by atoms with van der Waals surface area (Å²) in [4.78, 5) is 11.1. The summed E-state index contributed by atoms with van der Waals surface area (Å²) in [5.74, 6) is 0.0853. The summed E-state index contributed by atoms with van der Waals surface area (Å²) in [6, 6.07) is 8.92. The van der Waals surface area contributed by atoms with Gasteiger partial charge in [0.25, 0.3) is 0 Å². The van der Waals surface area contributed by atoms with Crippen LogP contribution in [0.15, 0.2) is 30.3 Å². The average Bonchev–Trinajstić information content (AvgIpc) is 2.37. The third-order valence-electron chi connectivity index (χ3n) is 3.30. The van der Waals surface area contributed by atoms with Gasteiger partial charge in [0, 0.05) is 5.69 Å². The number of anilines is 1. The number of rotatable bonds is 3. The van der Waals surface area contributed by atoms with Crippen LogP contribution in [0.2, 0.25) is 0 Å². The lowest BCUT2D eigenvalue weighted by atomic mass is 10.1. The molecule has 4 nitrogen and oxygen atoms in total. The lowest BCUT2D eigenvalue weighted by Gasteiger charge is -2.11. The van der Waals surface area contributed by atoms with Gasteiger partial charge in [0.05, 0.1) is 5.56 Å². The molecule has 0 spiro atoms. The summed E-state index contributed by atoms with van der Waals surface area (Å²) >= 11 is 0. The molecule has 20 heavy (non-hydrogen) atoms. The number of aryl methyl sites for hydroxylation is 3. The van der Waals surface area contributed by atoms with Crippen molar-refractivity contribution < 1.29 is 14.6 Å². The normalized spacial score (nSPS) is 10.3. The number of nitrogens with two attached hydrogens (primary N) is 1. The second-order valence-corrected chi connectivity index (χ2v) is 4.85. The van der Waals surface area contributed by atoms with Crippen molar-refractivity contribution in [2.75, 3.05) is 5.73 Å². The third-order valence-corrected chi connectivity index (χ3v) is 3.30. The first-order valence-electron chi connectivity index (χ1n) is 6.27. The Hall–Kier alpha value is -2.49. The van der Waals surface area contributed by atoms with Crippen LogP contribution in [0.5, 0.6) is 11.5 Å².